The van der Waals surface area contributed by atoms with Crippen molar-refractivity contribution >= 4 is 27.9 Å². The third-order valence-electron chi connectivity index (χ3n) is 3.98. The molecule has 0 saturated carbocycles. The van der Waals surface area contributed by atoms with Gasteiger partial charge in [-0.25, -0.2) is 4.79 Å². The van der Waals surface area contributed by atoms with E-state index in [1.807, 2.05) is 25.7 Å². The summed E-state index contributed by atoms with van der Waals surface area (Å²) in [6.45, 7) is 6.79. The van der Waals surface area contributed by atoms with Gasteiger partial charge in [-0.05, 0) is 55.6 Å². The summed E-state index contributed by atoms with van der Waals surface area (Å²) in [5, 5.41) is 0. The smallest absolute Gasteiger partial charge is 0.410 e. The lowest BCUT2D eigenvalue weighted by molar-refractivity contribution is 0.0156. The second-order valence-corrected chi connectivity index (χ2v) is 7.82. The van der Waals surface area contributed by atoms with Crippen LogP contribution in [-0.4, -0.2) is 58.6 Å². The normalized spacial score (nSPS) is 16.0. The van der Waals surface area contributed by atoms with E-state index in [9.17, 15) is 9.59 Å². The fourth-order valence-corrected chi connectivity index (χ4v) is 3.08. The van der Waals surface area contributed by atoms with Gasteiger partial charge in [0.2, 0.25) is 0 Å². The number of likely N-dealkylation sites (tertiary alicyclic amines) is 1. The molecule has 24 heavy (non-hydrogen) atoms. The first-order valence-electron chi connectivity index (χ1n) is 8.03. The quantitative estimate of drug-likeness (QED) is 0.767. The van der Waals surface area contributed by atoms with Gasteiger partial charge in [0.15, 0.2) is 0 Å². The number of ether oxygens (including phenoxy) is 1. The summed E-state index contributed by atoms with van der Waals surface area (Å²) < 4.78 is 6.10. The molecule has 132 valence electrons. The third-order valence-corrected chi connectivity index (χ3v) is 4.62. The Balaban J connectivity index is 1.93. The van der Waals surface area contributed by atoms with Crippen LogP contribution in [0.15, 0.2) is 22.9 Å². The topological polar surface area (TPSA) is 62.7 Å². The minimum atomic E-state index is -0.504. The van der Waals surface area contributed by atoms with Crippen LogP contribution in [0.1, 0.15) is 44.0 Å². The highest BCUT2D eigenvalue weighted by Gasteiger charge is 2.30. The molecule has 1 aromatic rings. The van der Waals surface area contributed by atoms with Crippen molar-refractivity contribution in [1.82, 2.24) is 14.8 Å². The van der Waals surface area contributed by atoms with Crippen LogP contribution in [0.5, 0.6) is 0 Å². The molecule has 6 nitrogen and oxygen atoms in total. The monoisotopic (exact) mass is 397 g/mol. The Morgan fingerprint density at radius 2 is 1.96 bits per heavy atom. The molecule has 1 aliphatic rings. The number of pyridine rings is 1. The number of amides is 2. The molecule has 1 aromatic heterocycles. The van der Waals surface area contributed by atoms with Gasteiger partial charge in [0, 0.05) is 43.0 Å². The van der Waals surface area contributed by atoms with E-state index in [-0.39, 0.29) is 18.0 Å². The van der Waals surface area contributed by atoms with Gasteiger partial charge in [-0.2, -0.15) is 0 Å². The standard InChI is InChI=1S/C17H24BrN3O3/c1-17(2,3)24-16(23)20(4)12-6-9-21(10-7-12)15(22)13-5-8-19-11-14(13)18/h5,8,11-12H,6-7,9-10H2,1-4H3. The minimum Gasteiger partial charge on any atom is -0.444 e. The molecular weight excluding hydrogens is 374 g/mol. The van der Waals surface area contributed by atoms with Gasteiger partial charge in [0.25, 0.3) is 5.91 Å². The molecular formula is C17H24BrN3O3. The van der Waals surface area contributed by atoms with E-state index in [2.05, 4.69) is 20.9 Å². The fraction of sp³-hybridized carbons (Fsp3) is 0.588. The lowest BCUT2D eigenvalue weighted by atomic mass is 10.0. The molecule has 0 aromatic carbocycles. The average Bonchev–Trinajstić information content (AvgIpc) is 2.52. The molecule has 2 heterocycles. The molecule has 0 aliphatic carbocycles. The number of nitrogens with zero attached hydrogens (tertiary/aromatic N) is 3. The highest BCUT2D eigenvalue weighted by molar-refractivity contribution is 9.10. The van der Waals surface area contributed by atoms with Gasteiger partial charge in [-0.15, -0.1) is 0 Å². The van der Waals surface area contributed by atoms with Crippen molar-refractivity contribution in [2.45, 2.75) is 45.3 Å². The Hall–Kier alpha value is -1.63. The summed E-state index contributed by atoms with van der Waals surface area (Å²) in [7, 11) is 1.76. The Morgan fingerprint density at radius 3 is 2.50 bits per heavy atom. The summed E-state index contributed by atoms with van der Waals surface area (Å²) >= 11 is 3.37. The molecule has 7 heteroatoms. The van der Waals surface area contributed by atoms with Crippen LogP contribution in [0.4, 0.5) is 4.79 Å². The van der Waals surface area contributed by atoms with Crippen molar-refractivity contribution < 1.29 is 14.3 Å². The Bertz CT molecular complexity index is 607. The Labute approximate surface area is 151 Å². The van der Waals surface area contributed by atoms with Crippen molar-refractivity contribution in [1.29, 1.82) is 0 Å². The molecule has 0 N–H and O–H groups in total. The number of rotatable bonds is 2. The summed E-state index contributed by atoms with van der Waals surface area (Å²) in [4.78, 5) is 32.2. The summed E-state index contributed by atoms with van der Waals surface area (Å²) in [6, 6.07) is 1.80. The van der Waals surface area contributed by atoms with E-state index in [1.54, 1.807) is 30.4 Å². The SMILES string of the molecule is CN(C(=O)OC(C)(C)C)C1CCN(C(=O)c2ccncc2Br)CC1. The molecule has 2 rings (SSSR count). The van der Waals surface area contributed by atoms with Gasteiger partial charge < -0.3 is 14.5 Å². The molecule has 0 spiro atoms. The second kappa shape index (κ2) is 7.51. The number of hydrogen-bond donors (Lipinski definition) is 0. The van der Waals surface area contributed by atoms with E-state index >= 15 is 0 Å². The van der Waals surface area contributed by atoms with Crippen molar-refractivity contribution in [3.63, 3.8) is 0 Å². The first kappa shape index (κ1) is 18.7. The summed E-state index contributed by atoms with van der Waals surface area (Å²) in [5.41, 5.74) is 0.110. The van der Waals surface area contributed by atoms with Crippen molar-refractivity contribution in [3.8, 4) is 0 Å². The molecule has 2 amide bonds. The molecule has 0 radical (unpaired) electrons. The van der Waals surface area contributed by atoms with Gasteiger partial charge >= 0.3 is 6.09 Å². The number of carbonyl (C=O) groups is 2. The Morgan fingerprint density at radius 1 is 1.33 bits per heavy atom. The third kappa shape index (κ3) is 4.69. The van der Waals surface area contributed by atoms with Crippen LogP contribution in [-0.2, 0) is 4.74 Å². The van der Waals surface area contributed by atoms with Crippen LogP contribution in [0.2, 0.25) is 0 Å². The largest absolute Gasteiger partial charge is 0.444 e. The van der Waals surface area contributed by atoms with Crippen molar-refractivity contribution in [2.24, 2.45) is 0 Å². The predicted molar refractivity (Wildman–Crippen MR) is 94.9 cm³/mol. The van der Waals surface area contributed by atoms with Crippen LogP contribution in [0, 0.1) is 0 Å². The van der Waals surface area contributed by atoms with Crippen LogP contribution < -0.4 is 0 Å². The van der Waals surface area contributed by atoms with Gasteiger partial charge in [-0.3, -0.25) is 9.78 Å². The number of piperidine rings is 1. The second-order valence-electron chi connectivity index (χ2n) is 6.97. The summed E-state index contributed by atoms with van der Waals surface area (Å²) in [6.07, 6.45) is 4.40. The molecule has 0 unspecified atom stereocenters. The first-order valence-corrected chi connectivity index (χ1v) is 8.83. The van der Waals surface area contributed by atoms with Gasteiger partial charge in [0.1, 0.15) is 5.60 Å². The summed E-state index contributed by atoms with van der Waals surface area (Å²) in [5.74, 6) is -0.0114. The van der Waals surface area contributed by atoms with Crippen LogP contribution >= 0.6 is 15.9 Å². The number of aromatic nitrogens is 1. The minimum absolute atomic E-state index is 0.0114. The van der Waals surface area contributed by atoms with Crippen LogP contribution in [0.25, 0.3) is 0 Å². The maximum Gasteiger partial charge on any atom is 0.410 e. The van der Waals surface area contributed by atoms with E-state index in [0.717, 1.165) is 12.8 Å². The van der Waals surface area contributed by atoms with Crippen molar-refractivity contribution in [3.05, 3.63) is 28.5 Å². The maximum atomic E-state index is 12.6. The van der Waals surface area contributed by atoms with Crippen LogP contribution in [0.3, 0.4) is 0 Å². The van der Waals surface area contributed by atoms with E-state index in [0.29, 0.717) is 23.1 Å². The van der Waals surface area contributed by atoms with E-state index in [1.165, 1.54) is 0 Å². The highest BCUT2D eigenvalue weighted by Crippen LogP contribution is 2.22. The molecule has 0 bridgehead atoms. The maximum absolute atomic E-state index is 12.6. The lowest BCUT2D eigenvalue weighted by Crippen LogP contribution is -2.48. The van der Waals surface area contributed by atoms with Crippen molar-refractivity contribution in [2.75, 3.05) is 20.1 Å². The predicted octanol–water partition coefficient (Wildman–Crippen LogP) is 3.32. The molecule has 1 aliphatic heterocycles. The number of hydrogen-bond acceptors (Lipinski definition) is 4. The molecule has 1 fully saturated rings. The molecule has 1 saturated heterocycles. The average molecular weight is 398 g/mol. The Kier molecular flexibility index (Phi) is 5.85. The highest BCUT2D eigenvalue weighted by atomic mass is 79.9. The zero-order chi connectivity index (χ0) is 17.9. The molecule has 0 atom stereocenters. The van der Waals surface area contributed by atoms with E-state index < -0.39 is 5.60 Å². The zero-order valence-electron chi connectivity index (χ0n) is 14.6. The first-order chi connectivity index (χ1) is 11.2. The number of halogens is 1. The van der Waals surface area contributed by atoms with Gasteiger partial charge in [0.05, 0.1) is 5.56 Å². The fourth-order valence-electron chi connectivity index (χ4n) is 2.66. The zero-order valence-corrected chi connectivity index (χ0v) is 16.2. The number of carbonyl (C=O) groups excluding carboxylic acids is 2. The van der Waals surface area contributed by atoms with Gasteiger partial charge in [-0.1, -0.05) is 0 Å². The lowest BCUT2D eigenvalue weighted by Gasteiger charge is -2.37. The van der Waals surface area contributed by atoms with E-state index in [4.69, 9.17) is 4.74 Å².